The fourth-order valence-electron chi connectivity index (χ4n) is 1.86. The van der Waals surface area contributed by atoms with E-state index in [1.54, 1.807) is 24.3 Å². The Kier molecular flexibility index (Phi) is 5.00. The van der Waals surface area contributed by atoms with Gasteiger partial charge in [-0.3, -0.25) is 0 Å². The fourth-order valence-corrected chi connectivity index (χ4v) is 1.86. The van der Waals surface area contributed by atoms with Gasteiger partial charge in [0.2, 0.25) is 5.76 Å². The highest BCUT2D eigenvalue weighted by Crippen LogP contribution is 2.25. The zero-order chi connectivity index (χ0) is 15.2. The summed E-state index contributed by atoms with van der Waals surface area (Å²) in [5.41, 5.74) is 0.615. The molecule has 0 radical (unpaired) electrons. The molecule has 5 nitrogen and oxygen atoms in total. The lowest BCUT2D eigenvalue weighted by atomic mass is 10.1. The Morgan fingerprint density at radius 3 is 2.52 bits per heavy atom. The average molecular weight is 290 g/mol. The highest BCUT2D eigenvalue weighted by molar-refractivity contribution is 5.84. The van der Waals surface area contributed by atoms with Gasteiger partial charge >= 0.3 is 5.97 Å². The Bertz CT molecular complexity index is 585. The normalized spacial score (nSPS) is 12.1. The molecular formula is C16H18O5. The van der Waals surface area contributed by atoms with E-state index in [9.17, 15) is 9.90 Å². The van der Waals surface area contributed by atoms with Crippen molar-refractivity contribution < 1.29 is 24.2 Å². The van der Waals surface area contributed by atoms with Gasteiger partial charge in [-0.2, -0.15) is 0 Å². The highest BCUT2D eigenvalue weighted by Gasteiger charge is 2.17. The molecule has 0 fully saturated rings. The number of carbonyl (C=O) groups is 1. The van der Waals surface area contributed by atoms with E-state index in [-0.39, 0.29) is 11.5 Å². The molecule has 0 spiro atoms. The minimum absolute atomic E-state index is 0.191. The quantitative estimate of drug-likeness (QED) is 0.765. The monoisotopic (exact) mass is 290 g/mol. The number of unbranched alkanes of at least 4 members (excludes halogenated alkanes) is 1. The number of hydrogen-bond acceptors (Lipinski definition) is 4. The first-order valence-electron chi connectivity index (χ1n) is 6.85. The zero-order valence-electron chi connectivity index (χ0n) is 11.8. The molecule has 1 aromatic carbocycles. The topological polar surface area (TPSA) is 79.9 Å². The molecule has 0 aliphatic carbocycles. The Balaban J connectivity index is 2.04. The number of aromatic carboxylic acids is 1. The number of ether oxygens (including phenoxy) is 1. The largest absolute Gasteiger partial charge is 0.494 e. The molecule has 2 N–H and O–H groups in total. The Morgan fingerprint density at radius 1 is 1.24 bits per heavy atom. The maximum Gasteiger partial charge on any atom is 0.371 e. The molecule has 1 aromatic heterocycles. The number of carboxylic acid groups (broad SMARTS) is 1. The van der Waals surface area contributed by atoms with Crippen LogP contribution in [0.25, 0.3) is 0 Å². The van der Waals surface area contributed by atoms with Crippen LogP contribution in [0.1, 0.15) is 47.7 Å². The van der Waals surface area contributed by atoms with E-state index in [0.29, 0.717) is 12.2 Å². The first-order chi connectivity index (χ1) is 10.1. The summed E-state index contributed by atoms with van der Waals surface area (Å²) in [5.74, 6) is -0.409. The number of rotatable bonds is 7. The first-order valence-corrected chi connectivity index (χ1v) is 6.85. The molecule has 5 heteroatoms. The predicted molar refractivity (Wildman–Crippen MR) is 76.6 cm³/mol. The van der Waals surface area contributed by atoms with Crippen LogP contribution < -0.4 is 4.74 Å². The molecule has 112 valence electrons. The van der Waals surface area contributed by atoms with Crippen molar-refractivity contribution >= 4 is 5.97 Å². The number of hydrogen-bond donors (Lipinski definition) is 2. The second kappa shape index (κ2) is 6.95. The van der Waals surface area contributed by atoms with Gasteiger partial charge in [-0.05, 0) is 36.2 Å². The van der Waals surface area contributed by atoms with Crippen LogP contribution in [-0.2, 0) is 0 Å². The summed E-state index contributed by atoms with van der Waals surface area (Å²) < 4.78 is 10.6. The van der Waals surface area contributed by atoms with Crippen LogP contribution in [0, 0.1) is 0 Å². The molecule has 0 aliphatic rings. The van der Waals surface area contributed by atoms with Crippen molar-refractivity contribution in [1.82, 2.24) is 0 Å². The second-order valence-electron chi connectivity index (χ2n) is 4.68. The van der Waals surface area contributed by atoms with Crippen molar-refractivity contribution in [1.29, 1.82) is 0 Å². The third-order valence-electron chi connectivity index (χ3n) is 3.07. The van der Waals surface area contributed by atoms with Crippen LogP contribution in [0.5, 0.6) is 5.75 Å². The number of aliphatic hydroxyl groups is 1. The summed E-state index contributed by atoms with van der Waals surface area (Å²) in [5, 5.41) is 19.0. The van der Waals surface area contributed by atoms with Gasteiger partial charge in [-0.25, -0.2) is 4.79 Å². The third kappa shape index (κ3) is 3.86. The van der Waals surface area contributed by atoms with Crippen LogP contribution in [0.3, 0.4) is 0 Å². The van der Waals surface area contributed by atoms with Crippen LogP contribution in [0.2, 0.25) is 0 Å². The van der Waals surface area contributed by atoms with Crippen molar-refractivity contribution in [3.63, 3.8) is 0 Å². The maximum atomic E-state index is 10.8. The van der Waals surface area contributed by atoms with Crippen molar-refractivity contribution in [2.24, 2.45) is 0 Å². The average Bonchev–Trinajstić information content (AvgIpc) is 2.97. The Labute approximate surface area is 122 Å². The number of furan rings is 1. The molecule has 0 saturated heterocycles. The van der Waals surface area contributed by atoms with Crippen molar-refractivity contribution in [3.05, 3.63) is 53.5 Å². The summed E-state index contributed by atoms with van der Waals surface area (Å²) in [6.07, 6.45) is 1.07. The molecule has 2 aromatic rings. The lowest BCUT2D eigenvalue weighted by Gasteiger charge is -2.10. The molecule has 0 aliphatic heterocycles. The first kappa shape index (κ1) is 15.1. The number of benzene rings is 1. The molecule has 1 heterocycles. The van der Waals surface area contributed by atoms with Crippen LogP contribution in [-0.4, -0.2) is 22.8 Å². The van der Waals surface area contributed by atoms with E-state index in [1.165, 1.54) is 12.1 Å². The maximum absolute atomic E-state index is 10.8. The minimum Gasteiger partial charge on any atom is -0.494 e. The van der Waals surface area contributed by atoms with Crippen LogP contribution in [0.15, 0.2) is 40.8 Å². The van der Waals surface area contributed by atoms with Crippen LogP contribution >= 0.6 is 0 Å². The highest BCUT2D eigenvalue weighted by atomic mass is 16.5. The zero-order valence-corrected chi connectivity index (χ0v) is 11.8. The molecule has 0 amide bonds. The van der Waals surface area contributed by atoms with Crippen molar-refractivity contribution in [2.45, 2.75) is 25.9 Å². The molecule has 0 bridgehead atoms. The van der Waals surface area contributed by atoms with Gasteiger partial charge in [0, 0.05) is 0 Å². The lowest BCUT2D eigenvalue weighted by molar-refractivity contribution is 0.0655. The summed E-state index contributed by atoms with van der Waals surface area (Å²) in [6.45, 7) is 2.76. The smallest absolute Gasteiger partial charge is 0.371 e. The van der Waals surface area contributed by atoms with E-state index in [4.69, 9.17) is 14.3 Å². The third-order valence-corrected chi connectivity index (χ3v) is 3.07. The van der Waals surface area contributed by atoms with Crippen molar-refractivity contribution in [2.75, 3.05) is 6.61 Å². The summed E-state index contributed by atoms with van der Waals surface area (Å²) in [7, 11) is 0. The van der Waals surface area contributed by atoms with Gasteiger partial charge in [-0.1, -0.05) is 25.5 Å². The molecule has 21 heavy (non-hydrogen) atoms. The van der Waals surface area contributed by atoms with Gasteiger partial charge in [-0.15, -0.1) is 0 Å². The van der Waals surface area contributed by atoms with E-state index >= 15 is 0 Å². The minimum atomic E-state index is -1.16. The fraction of sp³-hybridized carbons (Fsp3) is 0.312. The van der Waals surface area contributed by atoms with E-state index in [2.05, 4.69) is 6.92 Å². The van der Waals surface area contributed by atoms with Gasteiger partial charge < -0.3 is 19.4 Å². The Hall–Kier alpha value is -2.27. The van der Waals surface area contributed by atoms with Crippen molar-refractivity contribution in [3.8, 4) is 5.75 Å². The van der Waals surface area contributed by atoms with Crippen LogP contribution in [0.4, 0.5) is 0 Å². The van der Waals surface area contributed by atoms with E-state index in [0.717, 1.165) is 18.6 Å². The molecule has 1 unspecified atom stereocenters. The molecule has 0 saturated carbocycles. The standard InChI is InChI=1S/C16H18O5/c1-2-3-10-20-12-6-4-11(5-7-12)15(17)13-8-9-14(21-13)16(18)19/h4-9,15,17H,2-3,10H2,1H3,(H,18,19). The molecular weight excluding hydrogens is 272 g/mol. The van der Waals surface area contributed by atoms with Gasteiger partial charge in [0.15, 0.2) is 0 Å². The molecule has 1 atom stereocenters. The van der Waals surface area contributed by atoms with Gasteiger partial charge in [0.25, 0.3) is 0 Å². The van der Waals surface area contributed by atoms with Gasteiger partial charge in [0.05, 0.1) is 6.61 Å². The van der Waals surface area contributed by atoms with Gasteiger partial charge in [0.1, 0.15) is 17.6 Å². The predicted octanol–water partition coefficient (Wildman–Crippen LogP) is 3.24. The Morgan fingerprint density at radius 2 is 1.95 bits per heavy atom. The number of aliphatic hydroxyl groups excluding tert-OH is 1. The SMILES string of the molecule is CCCCOc1ccc(C(O)c2ccc(C(=O)O)o2)cc1. The van der Waals surface area contributed by atoms with E-state index in [1.807, 2.05) is 0 Å². The lowest BCUT2D eigenvalue weighted by Crippen LogP contribution is -2.00. The molecule has 2 rings (SSSR count). The number of carboxylic acids is 1. The summed E-state index contributed by atoms with van der Waals surface area (Å²) in [6, 6.07) is 9.79. The van der Waals surface area contributed by atoms with E-state index < -0.39 is 12.1 Å². The summed E-state index contributed by atoms with van der Waals surface area (Å²) >= 11 is 0. The second-order valence-corrected chi connectivity index (χ2v) is 4.68. The summed E-state index contributed by atoms with van der Waals surface area (Å²) in [4.78, 5) is 10.8.